The molecule has 1 aromatic carbocycles. The van der Waals surface area contributed by atoms with Crippen molar-refractivity contribution in [1.82, 2.24) is 14.5 Å². The van der Waals surface area contributed by atoms with E-state index in [0.29, 0.717) is 23.5 Å². The van der Waals surface area contributed by atoms with Crippen LogP contribution in [0.4, 0.5) is 16.0 Å². The van der Waals surface area contributed by atoms with Gasteiger partial charge in [0.15, 0.2) is 5.82 Å². The van der Waals surface area contributed by atoms with Crippen LogP contribution in [0.5, 0.6) is 5.75 Å². The molecule has 2 atom stereocenters. The molecule has 0 radical (unpaired) electrons. The number of hydrogen-bond acceptors (Lipinski definition) is 6. The number of nitrogens with zero attached hydrogens (tertiary/aromatic N) is 5. The van der Waals surface area contributed by atoms with Crippen LogP contribution in [-0.2, 0) is 7.05 Å². The minimum atomic E-state index is -0.486. The Morgan fingerprint density at radius 2 is 1.77 bits per heavy atom. The summed E-state index contributed by atoms with van der Waals surface area (Å²) in [5.41, 5.74) is 1.54. The Morgan fingerprint density at radius 1 is 1.06 bits per heavy atom. The van der Waals surface area contributed by atoms with Crippen molar-refractivity contribution < 1.29 is 9.13 Å². The van der Waals surface area contributed by atoms with Crippen LogP contribution < -0.4 is 20.1 Å². The summed E-state index contributed by atoms with van der Waals surface area (Å²) in [7, 11) is 3.41. The largest absolute Gasteiger partial charge is 0.495 e. The molecule has 0 bridgehead atoms. The third-order valence-electron chi connectivity index (χ3n) is 6.35. The molecule has 2 saturated heterocycles. The van der Waals surface area contributed by atoms with Crippen molar-refractivity contribution in [2.45, 2.75) is 0 Å². The van der Waals surface area contributed by atoms with Crippen molar-refractivity contribution >= 4 is 11.6 Å². The zero-order chi connectivity index (χ0) is 21.5. The van der Waals surface area contributed by atoms with Gasteiger partial charge in [-0.2, -0.15) is 0 Å². The van der Waals surface area contributed by atoms with Crippen molar-refractivity contribution in [3.63, 3.8) is 0 Å². The SMILES string of the molecule is COc1ccccc1N1C[C@@H]2CN(c3nc(-c4ccncc4F)cc(=O)n3C)C[C@@H]2C1. The van der Waals surface area contributed by atoms with E-state index in [1.165, 1.54) is 12.3 Å². The summed E-state index contributed by atoms with van der Waals surface area (Å²) in [6.45, 7) is 3.46. The number of benzene rings is 1. The first-order valence-corrected chi connectivity index (χ1v) is 10.4. The molecule has 0 amide bonds. The predicted molar refractivity (Wildman–Crippen MR) is 117 cm³/mol. The molecule has 0 saturated carbocycles. The summed E-state index contributed by atoms with van der Waals surface area (Å²) in [6, 6.07) is 11.0. The number of pyridine rings is 1. The Labute approximate surface area is 179 Å². The molecule has 0 N–H and O–H groups in total. The second kappa shape index (κ2) is 7.68. The lowest BCUT2D eigenvalue weighted by Crippen LogP contribution is -2.33. The Kier molecular flexibility index (Phi) is 4.84. The fourth-order valence-corrected chi connectivity index (χ4v) is 4.78. The molecule has 4 heterocycles. The third kappa shape index (κ3) is 3.41. The van der Waals surface area contributed by atoms with Gasteiger partial charge in [-0.25, -0.2) is 9.37 Å². The molecular weight excluding hydrogens is 397 g/mol. The number of anilines is 2. The molecular formula is C23H24FN5O2. The summed E-state index contributed by atoms with van der Waals surface area (Å²) in [6.07, 6.45) is 2.64. The van der Waals surface area contributed by atoms with Crippen molar-refractivity contribution in [3.8, 4) is 17.0 Å². The Balaban J connectivity index is 1.40. The molecule has 31 heavy (non-hydrogen) atoms. The fourth-order valence-electron chi connectivity index (χ4n) is 4.78. The summed E-state index contributed by atoms with van der Waals surface area (Å²) < 4.78 is 21.3. The quantitative estimate of drug-likeness (QED) is 0.645. The van der Waals surface area contributed by atoms with E-state index in [4.69, 9.17) is 4.74 Å². The van der Waals surface area contributed by atoms with E-state index in [0.717, 1.165) is 43.8 Å². The topological polar surface area (TPSA) is 63.5 Å². The van der Waals surface area contributed by atoms with Crippen LogP contribution in [0.25, 0.3) is 11.3 Å². The fraction of sp³-hybridized carbons (Fsp3) is 0.348. The van der Waals surface area contributed by atoms with Crippen LogP contribution in [0.3, 0.4) is 0 Å². The monoisotopic (exact) mass is 421 g/mol. The van der Waals surface area contributed by atoms with Gasteiger partial charge in [-0.3, -0.25) is 14.3 Å². The van der Waals surface area contributed by atoms with Gasteiger partial charge in [0.25, 0.3) is 5.56 Å². The van der Waals surface area contributed by atoms with Crippen molar-refractivity contribution in [2.24, 2.45) is 18.9 Å². The first kappa shape index (κ1) is 19.5. The summed E-state index contributed by atoms with van der Waals surface area (Å²) in [5.74, 6) is 1.90. The molecule has 7 nitrogen and oxygen atoms in total. The van der Waals surface area contributed by atoms with Crippen molar-refractivity contribution in [1.29, 1.82) is 0 Å². The van der Waals surface area contributed by atoms with Gasteiger partial charge in [-0.05, 0) is 18.2 Å². The Bertz CT molecular complexity index is 1170. The standard InChI is InChI=1S/C23H24FN5O2/c1-27-22(30)9-19(17-7-8-25-10-18(17)24)26-23(27)29-13-15-11-28(12-16(15)14-29)20-5-3-4-6-21(20)31-2/h3-10,15-16H,11-14H2,1-2H3/t15-,16+. The van der Waals surface area contributed by atoms with E-state index in [-0.39, 0.29) is 11.1 Å². The first-order chi connectivity index (χ1) is 15.0. The number of rotatable bonds is 4. The lowest BCUT2D eigenvalue weighted by atomic mass is 10.0. The van der Waals surface area contributed by atoms with Gasteiger partial charge in [0.05, 0.1) is 24.7 Å². The predicted octanol–water partition coefficient (Wildman–Crippen LogP) is 2.56. The molecule has 5 rings (SSSR count). The van der Waals surface area contributed by atoms with E-state index in [1.54, 1.807) is 24.8 Å². The summed E-state index contributed by atoms with van der Waals surface area (Å²) in [4.78, 5) is 25.6. The van der Waals surface area contributed by atoms with Gasteiger partial charge in [0.2, 0.25) is 5.95 Å². The Morgan fingerprint density at radius 3 is 2.48 bits per heavy atom. The lowest BCUT2D eigenvalue weighted by molar-refractivity contribution is 0.414. The van der Waals surface area contributed by atoms with E-state index in [2.05, 4.69) is 25.8 Å². The summed E-state index contributed by atoms with van der Waals surface area (Å²) in [5, 5.41) is 0. The average Bonchev–Trinajstić information content (AvgIpc) is 3.35. The number of para-hydroxylation sites is 2. The van der Waals surface area contributed by atoms with Crippen LogP contribution in [-0.4, -0.2) is 47.8 Å². The molecule has 2 aliphatic rings. The number of fused-ring (bicyclic) bond motifs is 1. The highest BCUT2D eigenvalue weighted by Gasteiger charge is 2.41. The van der Waals surface area contributed by atoms with Crippen molar-refractivity contribution in [2.75, 3.05) is 43.1 Å². The third-order valence-corrected chi connectivity index (χ3v) is 6.35. The zero-order valence-electron chi connectivity index (χ0n) is 17.5. The molecule has 2 fully saturated rings. The van der Waals surface area contributed by atoms with Gasteiger partial charge in [0.1, 0.15) is 5.75 Å². The molecule has 3 aromatic rings. The highest BCUT2D eigenvalue weighted by atomic mass is 19.1. The maximum absolute atomic E-state index is 14.2. The number of halogens is 1. The highest BCUT2D eigenvalue weighted by Crippen LogP contribution is 2.38. The molecule has 2 aliphatic heterocycles. The van der Waals surface area contributed by atoms with Gasteiger partial charge < -0.3 is 14.5 Å². The van der Waals surface area contributed by atoms with Crippen LogP contribution in [0.15, 0.2) is 53.6 Å². The molecule has 8 heteroatoms. The van der Waals surface area contributed by atoms with E-state index in [1.807, 2.05) is 18.2 Å². The van der Waals surface area contributed by atoms with E-state index >= 15 is 0 Å². The first-order valence-electron chi connectivity index (χ1n) is 10.4. The minimum Gasteiger partial charge on any atom is -0.495 e. The molecule has 0 unspecified atom stereocenters. The number of aromatic nitrogens is 3. The smallest absolute Gasteiger partial charge is 0.255 e. The zero-order valence-corrected chi connectivity index (χ0v) is 17.5. The van der Waals surface area contributed by atoms with Crippen LogP contribution in [0.2, 0.25) is 0 Å². The molecule has 2 aromatic heterocycles. The number of methoxy groups -OCH3 is 1. The Hall–Kier alpha value is -3.42. The summed E-state index contributed by atoms with van der Waals surface area (Å²) >= 11 is 0. The molecule has 160 valence electrons. The van der Waals surface area contributed by atoms with Crippen LogP contribution in [0, 0.1) is 17.7 Å². The second-order valence-electron chi connectivity index (χ2n) is 8.20. The maximum Gasteiger partial charge on any atom is 0.255 e. The molecule has 0 aliphatic carbocycles. The van der Waals surface area contributed by atoms with Crippen LogP contribution in [0.1, 0.15) is 0 Å². The lowest BCUT2D eigenvalue weighted by Gasteiger charge is -2.26. The second-order valence-corrected chi connectivity index (χ2v) is 8.20. The number of hydrogen-bond donors (Lipinski definition) is 0. The maximum atomic E-state index is 14.2. The highest BCUT2D eigenvalue weighted by molar-refractivity contribution is 5.61. The van der Waals surface area contributed by atoms with E-state index < -0.39 is 5.82 Å². The van der Waals surface area contributed by atoms with Gasteiger partial charge in [0, 0.05) is 62.9 Å². The minimum absolute atomic E-state index is 0.205. The van der Waals surface area contributed by atoms with Gasteiger partial charge in [-0.15, -0.1) is 0 Å². The van der Waals surface area contributed by atoms with Gasteiger partial charge >= 0.3 is 0 Å². The normalized spacial score (nSPS) is 20.2. The van der Waals surface area contributed by atoms with Crippen molar-refractivity contribution in [3.05, 3.63) is 65.0 Å². The van der Waals surface area contributed by atoms with Gasteiger partial charge in [-0.1, -0.05) is 12.1 Å². The van der Waals surface area contributed by atoms with E-state index in [9.17, 15) is 9.18 Å². The average molecular weight is 421 g/mol. The number of ether oxygens (including phenoxy) is 1. The molecule has 0 spiro atoms. The van der Waals surface area contributed by atoms with Crippen LogP contribution >= 0.6 is 0 Å².